The Morgan fingerprint density at radius 1 is 1.14 bits per heavy atom. The van der Waals surface area contributed by atoms with E-state index in [1.54, 1.807) is 11.8 Å². The van der Waals surface area contributed by atoms with Gasteiger partial charge in [-0.1, -0.05) is 43.3 Å². The smallest absolute Gasteiger partial charge is 0.230 e. The summed E-state index contributed by atoms with van der Waals surface area (Å²) in [6.45, 7) is 8.80. The number of nitrogens with zero attached hydrogens (tertiary/aromatic N) is 1. The van der Waals surface area contributed by atoms with Crippen molar-refractivity contribution in [2.45, 2.75) is 45.4 Å². The minimum Gasteiger partial charge on any atom is -0.372 e. The summed E-state index contributed by atoms with van der Waals surface area (Å²) in [5, 5.41) is 3.13. The van der Waals surface area contributed by atoms with Gasteiger partial charge in [-0.05, 0) is 61.4 Å². The lowest BCUT2D eigenvalue weighted by atomic mass is 9.98. The first-order valence-corrected chi connectivity index (χ1v) is 11.4. The van der Waals surface area contributed by atoms with E-state index >= 15 is 0 Å². The number of anilines is 1. The Kier molecular flexibility index (Phi) is 7.43. The van der Waals surface area contributed by atoms with Crippen LogP contribution >= 0.6 is 11.8 Å². The maximum Gasteiger partial charge on any atom is 0.230 e. The molecule has 1 amide bonds. The lowest BCUT2D eigenvalue weighted by Gasteiger charge is -2.32. The van der Waals surface area contributed by atoms with Gasteiger partial charge in [-0.3, -0.25) is 4.79 Å². The zero-order valence-electron chi connectivity index (χ0n) is 17.3. The highest BCUT2D eigenvalue weighted by Crippen LogP contribution is 2.24. The Hall–Kier alpha value is -1.94. The Bertz CT molecular complexity index is 766. The first-order valence-electron chi connectivity index (χ1n) is 10.3. The molecule has 1 N–H and O–H groups in total. The molecule has 3 rings (SSSR count). The molecular formula is C24H32N2OS. The molecule has 1 aliphatic rings. The van der Waals surface area contributed by atoms with Crippen molar-refractivity contribution in [2.75, 3.05) is 23.7 Å². The molecule has 0 unspecified atom stereocenters. The van der Waals surface area contributed by atoms with Crippen molar-refractivity contribution in [3.05, 3.63) is 65.2 Å². The maximum atomic E-state index is 12.3. The van der Waals surface area contributed by atoms with E-state index in [1.807, 2.05) is 0 Å². The summed E-state index contributed by atoms with van der Waals surface area (Å²) in [4.78, 5) is 14.8. The third-order valence-corrected chi connectivity index (χ3v) is 6.65. The number of carbonyl (C=O) groups is 1. The Morgan fingerprint density at radius 3 is 2.50 bits per heavy atom. The van der Waals surface area contributed by atoms with Crippen molar-refractivity contribution >= 4 is 23.4 Å². The lowest BCUT2D eigenvalue weighted by molar-refractivity contribution is -0.119. The highest BCUT2D eigenvalue weighted by Gasteiger charge is 2.16. The zero-order valence-corrected chi connectivity index (χ0v) is 18.1. The second-order valence-corrected chi connectivity index (χ2v) is 8.96. The second-order valence-electron chi connectivity index (χ2n) is 7.97. The minimum atomic E-state index is 0.0296. The Morgan fingerprint density at radius 2 is 1.82 bits per heavy atom. The summed E-state index contributed by atoms with van der Waals surface area (Å²) >= 11 is 1.67. The van der Waals surface area contributed by atoms with Crippen LogP contribution in [0, 0.1) is 12.8 Å². The van der Waals surface area contributed by atoms with Crippen LogP contribution in [0.1, 0.15) is 49.4 Å². The van der Waals surface area contributed by atoms with E-state index < -0.39 is 0 Å². The molecule has 1 fully saturated rings. The largest absolute Gasteiger partial charge is 0.372 e. The van der Waals surface area contributed by atoms with Gasteiger partial charge in [0.05, 0.1) is 11.8 Å². The summed E-state index contributed by atoms with van der Waals surface area (Å²) in [5.74, 6) is 2.30. The number of nitrogens with one attached hydrogen (secondary N) is 1. The fourth-order valence-corrected chi connectivity index (χ4v) is 4.55. The van der Waals surface area contributed by atoms with Crippen LogP contribution in [0.15, 0.2) is 48.5 Å². The number of thioether (sulfide) groups is 1. The predicted octanol–water partition coefficient (Wildman–Crippen LogP) is 5.34. The highest BCUT2D eigenvalue weighted by molar-refractivity contribution is 7.99. The number of hydrogen-bond donors (Lipinski definition) is 1. The van der Waals surface area contributed by atoms with Gasteiger partial charge in [0.15, 0.2) is 0 Å². The average Bonchev–Trinajstić information content (AvgIpc) is 2.70. The van der Waals surface area contributed by atoms with Gasteiger partial charge in [0.25, 0.3) is 0 Å². The predicted molar refractivity (Wildman–Crippen MR) is 121 cm³/mol. The van der Waals surface area contributed by atoms with Crippen LogP contribution < -0.4 is 10.2 Å². The van der Waals surface area contributed by atoms with E-state index in [0.29, 0.717) is 5.75 Å². The van der Waals surface area contributed by atoms with Gasteiger partial charge in [-0.25, -0.2) is 0 Å². The molecule has 0 bridgehead atoms. The van der Waals surface area contributed by atoms with Crippen LogP contribution in [-0.4, -0.2) is 24.7 Å². The van der Waals surface area contributed by atoms with Crippen LogP contribution in [0.2, 0.25) is 0 Å². The van der Waals surface area contributed by atoms with Gasteiger partial charge in [-0.15, -0.1) is 11.8 Å². The quantitative estimate of drug-likeness (QED) is 0.685. The molecular weight excluding hydrogens is 364 g/mol. The molecule has 1 saturated heterocycles. The van der Waals surface area contributed by atoms with Crippen LogP contribution in [0.25, 0.3) is 0 Å². The second kappa shape index (κ2) is 10.0. The molecule has 0 spiro atoms. The third-order valence-electron chi connectivity index (χ3n) is 5.67. The van der Waals surface area contributed by atoms with E-state index in [0.717, 1.165) is 30.3 Å². The monoisotopic (exact) mass is 396 g/mol. The summed E-state index contributed by atoms with van der Waals surface area (Å²) < 4.78 is 0. The van der Waals surface area contributed by atoms with Crippen molar-refractivity contribution in [3.63, 3.8) is 0 Å². The van der Waals surface area contributed by atoms with Gasteiger partial charge < -0.3 is 10.2 Å². The third kappa shape index (κ3) is 5.78. The number of piperidine rings is 1. The van der Waals surface area contributed by atoms with Gasteiger partial charge in [0.2, 0.25) is 5.91 Å². The number of benzene rings is 2. The van der Waals surface area contributed by atoms with Gasteiger partial charge in [-0.2, -0.15) is 0 Å². The fraction of sp³-hybridized carbons (Fsp3) is 0.458. The van der Waals surface area contributed by atoms with E-state index in [1.165, 1.54) is 29.7 Å². The normalized spacial score (nSPS) is 16.0. The van der Waals surface area contributed by atoms with Crippen molar-refractivity contribution in [2.24, 2.45) is 5.92 Å². The SMILES string of the molecule is Cc1ccccc1CSCC(=O)N[C@@H](C)c1ccc(N2CCC(C)CC2)cc1. The molecule has 0 aliphatic carbocycles. The Balaban J connectivity index is 1.45. The Labute approximate surface area is 173 Å². The first-order chi connectivity index (χ1) is 13.5. The molecule has 3 nitrogen and oxygen atoms in total. The summed E-state index contributed by atoms with van der Waals surface area (Å²) in [6.07, 6.45) is 2.54. The standard InChI is InChI=1S/C24H32N2OS/c1-18-12-14-26(15-13-18)23-10-8-21(9-11-23)20(3)25-24(27)17-28-16-22-7-5-4-6-19(22)2/h4-11,18,20H,12-17H2,1-3H3,(H,25,27)/t20-/m0/s1. The van der Waals surface area contributed by atoms with E-state index in [-0.39, 0.29) is 11.9 Å². The molecule has 4 heteroatoms. The van der Waals surface area contributed by atoms with Crippen molar-refractivity contribution in [3.8, 4) is 0 Å². The molecule has 0 aromatic heterocycles. The molecule has 0 radical (unpaired) electrons. The van der Waals surface area contributed by atoms with Crippen molar-refractivity contribution in [1.82, 2.24) is 5.32 Å². The average molecular weight is 397 g/mol. The molecule has 1 atom stereocenters. The topological polar surface area (TPSA) is 32.3 Å². The zero-order chi connectivity index (χ0) is 19.9. The molecule has 2 aromatic rings. The van der Waals surface area contributed by atoms with Gasteiger partial charge in [0.1, 0.15) is 0 Å². The number of carbonyl (C=O) groups excluding carboxylic acids is 1. The lowest BCUT2D eigenvalue weighted by Crippen LogP contribution is -2.32. The van der Waals surface area contributed by atoms with E-state index in [2.05, 4.69) is 79.5 Å². The van der Waals surface area contributed by atoms with Gasteiger partial charge >= 0.3 is 0 Å². The molecule has 1 heterocycles. The first kappa shape index (κ1) is 20.8. The minimum absolute atomic E-state index is 0.0296. The van der Waals surface area contributed by atoms with Crippen molar-refractivity contribution < 1.29 is 4.79 Å². The number of rotatable bonds is 7. The number of amides is 1. The number of aryl methyl sites for hydroxylation is 1. The molecule has 28 heavy (non-hydrogen) atoms. The van der Waals surface area contributed by atoms with E-state index in [4.69, 9.17) is 0 Å². The van der Waals surface area contributed by atoms with Crippen molar-refractivity contribution in [1.29, 1.82) is 0 Å². The van der Waals surface area contributed by atoms with Crippen LogP contribution in [0.5, 0.6) is 0 Å². The molecule has 2 aromatic carbocycles. The molecule has 0 saturated carbocycles. The maximum absolute atomic E-state index is 12.3. The highest BCUT2D eigenvalue weighted by atomic mass is 32.2. The van der Waals surface area contributed by atoms with Crippen LogP contribution in [-0.2, 0) is 10.5 Å². The molecule has 1 aliphatic heterocycles. The number of hydrogen-bond acceptors (Lipinski definition) is 3. The van der Waals surface area contributed by atoms with E-state index in [9.17, 15) is 4.79 Å². The summed E-state index contributed by atoms with van der Waals surface area (Å²) in [5.41, 5.74) is 5.04. The fourth-order valence-electron chi connectivity index (χ4n) is 3.63. The molecule has 150 valence electrons. The van der Waals surface area contributed by atoms with Crippen LogP contribution in [0.3, 0.4) is 0 Å². The van der Waals surface area contributed by atoms with Crippen LogP contribution in [0.4, 0.5) is 5.69 Å². The summed E-state index contributed by atoms with van der Waals surface area (Å²) in [7, 11) is 0. The van der Waals surface area contributed by atoms with Gasteiger partial charge in [0, 0.05) is 24.5 Å². The summed E-state index contributed by atoms with van der Waals surface area (Å²) in [6, 6.07) is 17.1.